The van der Waals surface area contributed by atoms with Crippen LogP contribution in [0.2, 0.25) is 0 Å². The molecule has 1 atom stereocenters. The smallest absolute Gasteiger partial charge is 0.178 e. The van der Waals surface area contributed by atoms with E-state index in [0.29, 0.717) is 4.77 Å². The van der Waals surface area contributed by atoms with Gasteiger partial charge in [-0.2, -0.15) is 0 Å². The summed E-state index contributed by atoms with van der Waals surface area (Å²) >= 11 is 5.49. The van der Waals surface area contributed by atoms with E-state index in [0.717, 1.165) is 30.3 Å². The molecule has 2 nitrogen and oxygen atoms in total. The average molecular weight is 298 g/mol. The highest BCUT2D eigenvalue weighted by Gasteiger charge is 2.23. The second kappa shape index (κ2) is 4.81. The number of nitrogens with one attached hydrogen (secondary N) is 1. The summed E-state index contributed by atoms with van der Waals surface area (Å²) in [4.78, 5) is 3.13. The first-order valence-corrected chi connectivity index (χ1v) is 7.62. The molecule has 21 heavy (non-hydrogen) atoms. The van der Waals surface area contributed by atoms with Gasteiger partial charge in [0.2, 0.25) is 0 Å². The largest absolute Gasteiger partial charge is 0.330 e. The van der Waals surface area contributed by atoms with Crippen molar-refractivity contribution in [2.24, 2.45) is 0 Å². The van der Waals surface area contributed by atoms with Gasteiger partial charge in [0.15, 0.2) is 4.77 Å². The Bertz CT molecular complexity index is 878. The van der Waals surface area contributed by atoms with E-state index in [1.807, 2.05) is 6.07 Å². The molecule has 4 rings (SSSR count). The fraction of sp³-hybridized carbons (Fsp3) is 0.235. The molecular weight excluding hydrogens is 283 g/mol. The summed E-state index contributed by atoms with van der Waals surface area (Å²) in [6.45, 7) is 0. The first-order chi connectivity index (χ1) is 10.2. The van der Waals surface area contributed by atoms with E-state index in [9.17, 15) is 4.39 Å². The Morgan fingerprint density at radius 3 is 2.95 bits per heavy atom. The minimum Gasteiger partial charge on any atom is -0.330 e. The van der Waals surface area contributed by atoms with E-state index in [1.54, 1.807) is 0 Å². The molecule has 1 heterocycles. The molecule has 4 heteroatoms. The zero-order chi connectivity index (χ0) is 14.4. The maximum Gasteiger partial charge on any atom is 0.178 e. The summed E-state index contributed by atoms with van der Waals surface area (Å²) in [7, 11) is 0. The standard InChI is InChI=1S/C17H15FN2S/c18-12-8-9-16-14(10-12)19-17(21)20(16)15-7-3-5-11-4-1-2-6-13(11)15/h1-2,4,6,8-10,15H,3,5,7H2,(H,19,21). The van der Waals surface area contributed by atoms with Gasteiger partial charge in [-0.05, 0) is 60.8 Å². The third-order valence-corrected chi connectivity index (χ3v) is 4.63. The van der Waals surface area contributed by atoms with Crippen LogP contribution in [0.15, 0.2) is 42.5 Å². The fourth-order valence-electron chi connectivity index (χ4n) is 3.41. The second-order valence-corrected chi connectivity index (χ2v) is 5.96. The van der Waals surface area contributed by atoms with Crippen LogP contribution in [0.25, 0.3) is 11.0 Å². The maximum absolute atomic E-state index is 13.4. The van der Waals surface area contributed by atoms with E-state index in [1.165, 1.54) is 23.3 Å². The van der Waals surface area contributed by atoms with E-state index in [2.05, 4.69) is 33.8 Å². The van der Waals surface area contributed by atoms with Crippen LogP contribution in [0.3, 0.4) is 0 Å². The summed E-state index contributed by atoms with van der Waals surface area (Å²) in [5, 5.41) is 0. The molecule has 0 radical (unpaired) electrons. The highest BCUT2D eigenvalue weighted by atomic mass is 32.1. The lowest BCUT2D eigenvalue weighted by molar-refractivity contribution is 0.495. The Kier molecular flexibility index (Phi) is 2.93. The quantitative estimate of drug-likeness (QED) is 0.642. The number of fused-ring (bicyclic) bond motifs is 2. The van der Waals surface area contributed by atoms with E-state index < -0.39 is 0 Å². The SMILES string of the molecule is Fc1ccc2c(c1)[nH]c(=S)n2C1CCCc2ccccc21. The van der Waals surface area contributed by atoms with Gasteiger partial charge in [0.25, 0.3) is 0 Å². The Morgan fingerprint density at radius 2 is 2.05 bits per heavy atom. The average Bonchev–Trinajstić information content (AvgIpc) is 2.81. The highest BCUT2D eigenvalue weighted by Crippen LogP contribution is 2.35. The van der Waals surface area contributed by atoms with Gasteiger partial charge in [-0.25, -0.2) is 4.39 Å². The van der Waals surface area contributed by atoms with Crippen molar-refractivity contribution >= 4 is 23.3 Å². The number of hydrogen-bond acceptors (Lipinski definition) is 1. The topological polar surface area (TPSA) is 20.7 Å². The monoisotopic (exact) mass is 298 g/mol. The number of nitrogens with zero attached hydrogens (tertiary/aromatic N) is 1. The summed E-state index contributed by atoms with van der Waals surface area (Å²) in [5.41, 5.74) is 4.48. The number of aromatic amines is 1. The van der Waals surface area contributed by atoms with Crippen molar-refractivity contribution in [1.82, 2.24) is 9.55 Å². The number of aromatic nitrogens is 2. The predicted octanol–water partition coefficient (Wildman–Crippen LogP) is 4.76. The highest BCUT2D eigenvalue weighted by molar-refractivity contribution is 7.71. The van der Waals surface area contributed by atoms with Gasteiger partial charge in [-0.3, -0.25) is 0 Å². The van der Waals surface area contributed by atoms with Crippen molar-refractivity contribution in [2.45, 2.75) is 25.3 Å². The van der Waals surface area contributed by atoms with Crippen LogP contribution in [-0.4, -0.2) is 9.55 Å². The lowest BCUT2D eigenvalue weighted by Crippen LogP contribution is -2.17. The molecule has 0 spiro atoms. The van der Waals surface area contributed by atoms with Crippen molar-refractivity contribution in [3.63, 3.8) is 0 Å². The van der Waals surface area contributed by atoms with Gasteiger partial charge in [-0.15, -0.1) is 0 Å². The molecule has 0 amide bonds. The van der Waals surface area contributed by atoms with E-state index in [4.69, 9.17) is 12.2 Å². The van der Waals surface area contributed by atoms with Crippen molar-refractivity contribution < 1.29 is 4.39 Å². The molecule has 0 fully saturated rings. The minimum absolute atomic E-state index is 0.238. The molecule has 2 aromatic carbocycles. The third-order valence-electron chi connectivity index (χ3n) is 4.33. The van der Waals surface area contributed by atoms with Gasteiger partial charge in [0, 0.05) is 0 Å². The summed E-state index contributed by atoms with van der Waals surface area (Å²) < 4.78 is 16.2. The molecular formula is C17H15FN2S. The predicted molar refractivity (Wildman–Crippen MR) is 84.6 cm³/mol. The van der Waals surface area contributed by atoms with Crippen molar-refractivity contribution in [2.75, 3.05) is 0 Å². The second-order valence-electron chi connectivity index (χ2n) is 5.57. The molecule has 1 aliphatic rings. The number of rotatable bonds is 1. The zero-order valence-corrected chi connectivity index (χ0v) is 12.3. The molecule has 0 saturated carbocycles. The molecule has 106 valence electrons. The van der Waals surface area contributed by atoms with Crippen LogP contribution in [0, 0.1) is 10.6 Å². The molecule has 1 N–H and O–H groups in total. The molecule has 0 bridgehead atoms. The Balaban J connectivity index is 1.96. The molecule has 0 saturated heterocycles. The lowest BCUT2D eigenvalue weighted by Gasteiger charge is -2.27. The third kappa shape index (κ3) is 2.02. The lowest BCUT2D eigenvalue weighted by atomic mass is 9.87. The van der Waals surface area contributed by atoms with E-state index in [-0.39, 0.29) is 11.9 Å². The van der Waals surface area contributed by atoms with Crippen LogP contribution < -0.4 is 0 Å². The summed E-state index contributed by atoms with van der Waals surface area (Å²) in [6.07, 6.45) is 3.34. The number of imidazole rings is 1. The number of aryl methyl sites for hydroxylation is 1. The Hall–Kier alpha value is -1.94. The van der Waals surface area contributed by atoms with Gasteiger partial charge < -0.3 is 9.55 Å². The molecule has 0 aliphatic heterocycles. The van der Waals surface area contributed by atoms with Gasteiger partial charge in [0.1, 0.15) is 5.82 Å². The Labute approximate surface area is 127 Å². The number of H-pyrrole nitrogens is 1. The van der Waals surface area contributed by atoms with Crippen molar-refractivity contribution in [3.8, 4) is 0 Å². The van der Waals surface area contributed by atoms with Crippen LogP contribution in [0.5, 0.6) is 0 Å². The number of halogens is 1. The minimum atomic E-state index is -0.241. The number of hydrogen-bond donors (Lipinski definition) is 1. The van der Waals surface area contributed by atoms with Gasteiger partial charge in [0.05, 0.1) is 17.1 Å². The number of benzene rings is 2. The summed E-state index contributed by atoms with van der Waals surface area (Å²) in [6, 6.07) is 13.6. The van der Waals surface area contributed by atoms with E-state index >= 15 is 0 Å². The van der Waals surface area contributed by atoms with Crippen LogP contribution in [0.4, 0.5) is 4.39 Å². The normalized spacial score (nSPS) is 17.9. The molecule has 1 aromatic heterocycles. The van der Waals surface area contributed by atoms with Crippen molar-refractivity contribution in [1.29, 1.82) is 0 Å². The Morgan fingerprint density at radius 1 is 1.19 bits per heavy atom. The zero-order valence-electron chi connectivity index (χ0n) is 11.5. The maximum atomic E-state index is 13.4. The molecule has 1 unspecified atom stereocenters. The van der Waals surface area contributed by atoms with Gasteiger partial charge in [-0.1, -0.05) is 24.3 Å². The van der Waals surface area contributed by atoms with Crippen molar-refractivity contribution in [3.05, 3.63) is 64.2 Å². The first kappa shape index (κ1) is 12.8. The molecule has 1 aliphatic carbocycles. The molecule has 3 aromatic rings. The summed E-state index contributed by atoms with van der Waals surface area (Å²) in [5.74, 6) is -0.241. The van der Waals surface area contributed by atoms with Crippen LogP contribution >= 0.6 is 12.2 Å². The first-order valence-electron chi connectivity index (χ1n) is 7.21. The van der Waals surface area contributed by atoms with Crippen LogP contribution in [0.1, 0.15) is 30.0 Å². The van der Waals surface area contributed by atoms with Gasteiger partial charge >= 0.3 is 0 Å². The fourth-order valence-corrected chi connectivity index (χ4v) is 3.74. The van der Waals surface area contributed by atoms with Crippen LogP contribution in [-0.2, 0) is 6.42 Å².